The molecule has 0 spiro atoms. The van der Waals surface area contributed by atoms with Gasteiger partial charge in [0.15, 0.2) is 0 Å². The van der Waals surface area contributed by atoms with Gasteiger partial charge in [0.25, 0.3) is 5.91 Å². The van der Waals surface area contributed by atoms with E-state index in [1.54, 1.807) is 54.6 Å². The van der Waals surface area contributed by atoms with E-state index in [9.17, 15) is 9.59 Å². The summed E-state index contributed by atoms with van der Waals surface area (Å²) in [6.07, 6.45) is 2.99. The maximum absolute atomic E-state index is 12.1. The van der Waals surface area contributed by atoms with Gasteiger partial charge in [-0.1, -0.05) is 41.4 Å². The lowest BCUT2D eigenvalue weighted by atomic mass is 10.2. The molecule has 136 valence electrons. The van der Waals surface area contributed by atoms with Crippen molar-refractivity contribution < 1.29 is 9.59 Å². The van der Waals surface area contributed by atoms with Gasteiger partial charge in [-0.3, -0.25) is 9.59 Å². The highest BCUT2D eigenvalue weighted by Crippen LogP contribution is 2.22. The van der Waals surface area contributed by atoms with E-state index in [1.807, 2.05) is 11.4 Å². The zero-order valence-electron chi connectivity index (χ0n) is 13.9. The Balaban J connectivity index is 1.64. The Hall–Kier alpha value is -2.60. The van der Waals surface area contributed by atoms with E-state index in [0.29, 0.717) is 31.9 Å². The van der Waals surface area contributed by atoms with Gasteiger partial charge in [-0.05, 0) is 53.4 Å². The predicted molar refractivity (Wildman–Crippen MR) is 113 cm³/mol. The third-order valence-corrected chi connectivity index (χ3v) is 4.94. The topological polar surface area (TPSA) is 58.2 Å². The maximum Gasteiger partial charge on any atom is 0.265 e. The molecular weight excluding hydrogens is 403 g/mol. The highest BCUT2D eigenvalue weighted by atomic mass is 35.5. The molecule has 27 heavy (non-hydrogen) atoms. The number of halogens is 2. The summed E-state index contributed by atoms with van der Waals surface area (Å²) >= 11 is 13.3. The van der Waals surface area contributed by atoms with Gasteiger partial charge in [0.1, 0.15) is 0 Å². The number of rotatable bonds is 5. The van der Waals surface area contributed by atoms with E-state index >= 15 is 0 Å². The average Bonchev–Trinajstić information content (AvgIpc) is 3.16. The van der Waals surface area contributed by atoms with Gasteiger partial charge in [0.2, 0.25) is 5.91 Å². The molecule has 0 fully saturated rings. The quantitative estimate of drug-likeness (QED) is 0.504. The first kappa shape index (κ1) is 19.2. The molecule has 0 saturated heterocycles. The first-order valence-corrected chi connectivity index (χ1v) is 9.54. The number of anilines is 2. The molecule has 0 radical (unpaired) electrons. The van der Waals surface area contributed by atoms with Crippen molar-refractivity contribution in [3.63, 3.8) is 0 Å². The number of carbonyl (C=O) groups excluding carboxylic acids is 2. The summed E-state index contributed by atoms with van der Waals surface area (Å²) in [7, 11) is 0. The lowest BCUT2D eigenvalue weighted by Crippen LogP contribution is -2.11. The Labute approximate surface area is 170 Å². The molecule has 0 bridgehead atoms. The van der Waals surface area contributed by atoms with Gasteiger partial charge in [-0.2, -0.15) is 0 Å². The van der Waals surface area contributed by atoms with Crippen molar-refractivity contribution in [2.24, 2.45) is 0 Å². The Morgan fingerprint density at radius 1 is 0.926 bits per heavy atom. The molecule has 4 nitrogen and oxygen atoms in total. The molecule has 2 N–H and O–H groups in total. The molecule has 2 amide bonds. The second-order valence-corrected chi connectivity index (χ2v) is 7.29. The van der Waals surface area contributed by atoms with Crippen molar-refractivity contribution in [2.75, 3.05) is 10.6 Å². The van der Waals surface area contributed by atoms with Crippen LogP contribution in [0.2, 0.25) is 10.0 Å². The fourth-order valence-corrected chi connectivity index (χ4v) is 3.35. The molecule has 2 aromatic carbocycles. The zero-order chi connectivity index (χ0) is 19.2. The second-order valence-electron chi connectivity index (χ2n) is 5.50. The number of carbonyl (C=O) groups is 2. The number of hydrogen-bond acceptors (Lipinski definition) is 3. The molecule has 0 aliphatic rings. The van der Waals surface area contributed by atoms with Crippen molar-refractivity contribution in [1.29, 1.82) is 0 Å². The number of amides is 2. The summed E-state index contributed by atoms with van der Waals surface area (Å²) in [5, 5.41) is 8.38. The summed E-state index contributed by atoms with van der Waals surface area (Å²) in [5.41, 5.74) is 1.85. The van der Waals surface area contributed by atoms with Crippen LogP contribution in [-0.4, -0.2) is 11.8 Å². The third kappa shape index (κ3) is 5.44. The van der Waals surface area contributed by atoms with E-state index in [1.165, 1.54) is 17.4 Å². The summed E-state index contributed by atoms with van der Waals surface area (Å²) < 4.78 is 0. The van der Waals surface area contributed by atoms with Crippen LogP contribution in [-0.2, 0) is 4.79 Å². The largest absolute Gasteiger partial charge is 0.322 e. The van der Waals surface area contributed by atoms with E-state index in [4.69, 9.17) is 23.2 Å². The van der Waals surface area contributed by atoms with E-state index in [-0.39, 0.29) is 11.8 Å². The molecule has 0 saturated carbocycles. The maximum atomic E-state index is 12.1. The van der Waals surface area contributed by atoms with Crippen LogP contribution in [0.1, 0.15) is 15.2 Å². The van der Waals surface area contributed by atoms with Gasteiger partial charge in [-0.25, -0.2) is 0 Å². The Morgan fingerprint density at radius 2 is 1.70 bits per heavy atom. The van der Waals surface area contributed by atoms with Crippen molar-refractivity contribution in [3.05, 3.63) is 86.5 Å². The highest BCUT2D eigenvalue weighted by molar-refractivity contribution is 7.12. The average molecular weight is 417 g/mol. The summed E-state index contributed by atoms with van der Waals surface area (Å²) in [5.74, 6) is -0.506. The third-order valence-electron chi connectivity index (χ3n) is 3.51. The van der Waals surface area contributed by atoms with Crippen LogP contribution in [0.3, 0.4) is 0 Å². The standard InChI is InChI=1S/C20H14Cl2N2O2S/c21-14-8-6-13(17(22)11-14)7-9-19(25)23-15-3-1-4-16(12-15)24-20(26)18-5-2-10-27-18/h1-12H,(H,23,25)(H,24,26). The van der Waals surface area contributed by atoms with Crippen molar-refractivity contribution >= 4 is 63.8 Å². The van der Waals surface area contributed by atoms with E-state index in [2.05, 4.69) is 10.6 Å². The van der Waals surface area contributed by atoms with Crippen molar-refractivity contribution in [1.82, 2.24) is 0 Å². The number of benzene rings is 2. The molecule has 0 aliphatic carbocycles. The molecule has 3 aromatic rings. The van der Waals surface area contributed by atoms with Crippen LogP contribution in [0.25, 0.3) is 6.08 Å². The fourth-order valence-electron chi connectivity index (χ4n) is 2.26. The molecule has 0 atom stereocenters. The van der Waals surface area contributed by atoms with Gasteiger partial charge in [0.05, 0.1) is 4.88 Å². The lowest BCUT2D eigenvalue weighted by molar-refractivity contribution is -0.111. The van der Waals surface area contributed by atoms with E-state index in [0.717, 1.165) is 0 Å². The highest BCUT2D eigenvalue weighted by Gasteiger charge is 2.07. The van der Waals surface area contributed by atoms with Crippen LogP contribution in [0.4, 0.5) is 11.4 Å². The first-order chi connectivity index (χ1) is 13.0. The minimum atomic E-state index is -0.317. The van der Waals surface area contributed by atoms with Gasteiger partial charge < -0.3 is 10.6 Å². The molecular formula is C20H14Cl2N2O2S. The predicted octanol–water partition coefficient (Wildman–Crippen LogP) is 5.96. The van der Waals surface area contributed by atoms with Crippen LogP contribution < -0.4 is 10.6 Å². The molecule has 1 heterocycles. The molecule has 0 unspecified atom stereocenters. The summed E-state index contributed by atoms with van der Waals surface area (Å²) in [4.78, 5) is 24.9. The fraction of sp³-hybridized carbons (Fsp3) is 0. The van der Waals surface area contributed by atoms with Crippen LogP contribution in [0, 0.1) is 0 Å². The Kier molecular flexibility index (Phi) is 6.29. The van der Waals surface area contributed by atoms with Crippen LogP contribution >= 0.6 is 34.5 Å². The normalized spacial score (nSPS) is 10.7. The first-order valence-electron chi connectivity index (χ1n) is 7.90. The van der Waals surface area contributed by atoms with Gasteiger partial charge >= 0.3 is 0 Å². The monoisotopic (exact) mass is 416 g/mol. The minimum Gasteiger partial charge on any atom is -0.322 e. The second kappa shape index (κ2) is 8.86. The Bertz CT molecular complexity index is 1000. The van der Waals surface area contributed by atoms with Gasteiger partial charge in [0, 0.05) is 27.5 Å². The number of hydrogen-bond donors (Lipinski definition) is 2. The molecule has 3 rings (SSSR count). The summed E-state index contributed by atoms with van der Waals surface area (Å²) in [6, 6.07) is 15.5. The molecule has 7 heteroatoms. The lowest BCUT2D eigenvalue weighted by Gasteiger charge is -2.07. The molecule has 1 aromatic heterocycles. The summed E-state index contributed by atoms with van der Waals surface area (Å²) in [6.45, 7) is 0. The smallest absolute Gasteiger partial charge is 0.265 e. The van der Waals surface area contributed by atoms with Crippen molar-refractivity contribution in [3.8, 4) is 0 Å². The minimum absolute atomic E-state index is 0.189. The van der Waals surface area contributed by atoms with Crippen LogP contribution in [0.15, 0.2) is 66.1 Å². The SMILES string of the molecule is O=C(C=Cc1ccc(Cl)cc1Cl)Nc1cccc(NC(=O)c2cccs2)c1. The Morgan fingerprint density at radius 3 is 2.41 bits per heavy atom. The van der Waals surface area contributed by atoms with E-state index < -0.39 is 0 Å². The van der Waals surface area contributed by atoms with Crippen LogP contribution in [0.5, 0.6) is 0 Å². The number of thiophene rings is 1. The van der Waals surface area contributed by atoms with Crippen molar-refractivity contribution in [2.45, 2.75) is 0 Å². The molecule has 0 aliphatic heterocycles. The van der Waals surface area contributed by atoms with Gasteiger partial charge in [-0.15, -0.1) is 11.3 Å². The number of nitrogens with one attached hydrogen (secondary N) is 2. The zero-order valence-corrected chi connectivity index (χ0v) is 16.2.